The van der Waals surface area contributed by atoms with Gasteiger partial charge in [0.25, 0.3) is 11.7 Å². The highest BCUT2D eigenvalue weighted by Gasteiger charge is 2.45. The zero-order chi connectivity index (χ0) is 24.7. The molecule has 2 aromatic carbocycles. The molecular weight excluding hydrogens is 435 g/mol. The minimum absolute atomic E-state index is 0.000734. The molecule has 1 aliphatic rings. The van der Waals surface area contributed by atoms with Crippen molar-refractivity contribution in [3.8, 4) is 5.75 Å². The summed E-state index contributed by atoms with van der Waals surface area (Å²) in [6.45, 7) is 11.1. The molecule has 1 amide bonds. The first-order valence-corrected chi connectivity index (χ1v) is 11.5. The van der Waals surface area contributed by atoms with Crippen molar-refractivity contribution in [2.45, 2.75) is 26.3 Å². The molecule has 0 bridgehead atoms. The van der Waals surface area contributed by atoms with Crippen molar-refractivity contribution in [3.05, 3.63) is 83.7 Å². The summed E-state index contributed by atoms with van der Waals surface area (Å²) in [5, 5.41) is 11.0. The van der Waals surface area contributed by atoms with Crippen LogP contribution in [0.25, 0.3) is 5.76 Å². The Kier molecular flexibility index (Phi) is 8.60. The summed E-state index contributed by atoms with van der Waals surface area (Å²) in [4.78, 5) is 29.9. The minimum Gasteiger partial charge on any atom is -0.507 e. The van der Waals surface area contributed by atoms with E-state index in [9.17, 15) is 19.1 Å². The fourth-order valence-corrected chi connectivity index (χ4v) is 4.13. The van der Waals surface area contributed by atoms with E-state index in [1.165, 1.54) is 29.2 Å². The summed E-state index contributed by atoms with van der Waals surface area (Å²) in [6, 6.07) is 11.5. The normalized spacial score (nSPS) is 17.4. The average Bonchev–Trinajstić information content (AvgIpc) is 3.10. The van der Waals surface area contributed by atoms with Crippen molar-refractivity contribution in [2.75, 3.05) is 32.8 Å². The lowest BCUT2D eigenvalue weighted by Crippen LogP contribution is -2.33. The Labute approximate surface area is 199 Å². The molecule has 3 rings (SSSR count). The second-order valence-electron chi connectivity index (χ2n) is 8.05. The van der Waals surface area contributed by atoms with Crippen LogP contribution >= 0.6 is 0 Å². The van der Waals surface area contributed by atoms with E-state index >= 15 is 0 Å². The number of halogens is 1. The Bertz CT molecular complexity index is 1040. The van der Waals surface area contributed by atoms with Gasteiger partial charge < -0.3 is 19.6 Å². The van der Waals surface area contributed by atoms with Crippen molar-refractivity contribution in [2.24, 2.45) is 0 Å². The van der Waals surface area contributed by atoms with Gasteiger partial charge in [-0.15, -0.1) is 0 Å². The first-order valence-electron chi connectivity index (χ1n) is 11.5. The molecule has 1 aliphatic heterocycles. The second kappa shape index (κ2) is 11.6. The molecule has 1 N–H and O–H groups in total. The van der Waals surface area contributed by atoms with E-state index in [1.807, 2.05) is 0 Å². The molecule has 1 heterocycles. The van der Waals surface area contributed by atoms with E-state index in [0.29, 0.717) is 30.9 Å². The molecule has 34 heavy (non-hydrogen) atoms. The lowest BCUT2D eigenvalue weighted by atomic mass is 9.95. The highest BCUT2D eigenvalue weighted by Crippen LogP contribution is 2.39. The van der Waals surface area contributed by atoms with Gasteiger partial charge in [0.2, 0.25) is 0 Å². The number of hydrogen-bond donors (Lipinski definition) is 1. The molecule has 1 saturated heterocycles. The van der Waals surface area contributed by atoms with Gasteiger partial charge in [-0.25, -0.2) is 4.39 Å². The van der Waals surface area contributed by atoms with E-state index in [0.717, 1.165) is 19.6 Å². The van der Waals surface area contributed by atoms with E-state index in [4.69, 9.17) is 4.74 Å². The Hall–Kier alpha value is -3.45. The predicted molar refractivity (Wildman–Crippen MR) is 130 cm³/mol. The van der Waals surface area contributed by atoms with Gasteiger partial charge in [0.05, 0.1) is 11.6 Å². The summed E-state index contributed by atoms with van der Waals surface area (Å²) >= 11 is 0. The number of hydrogen-bond acceptors (Lipinski definition) is 5. The van der Waals surface area contributed by atoms with Crippen molar-refractivity contribution in [3.63, 3.8) is 0 Å². The molecule has 0 spiro atoms. The van der Waals surface area contributed by atoms with Crippen LogP contribution in [0.15, 0.2) is 66.8 Å². The Balaban J connectivity index is 2.00. The van der Waals surface area contributed by atoms with Gasteiger partial charge in [0, 0.05) is 12.1 Å². The quantitative estimate of drug-likeness (QED) is 0.228. The number of carbonyl (C=O) groups is 2. The molecule has 0 aliphatic carbocycles. The third-order valence-electron chi connectivity index (χ3n) is 5.99. The van der Waals surface area contributed by atoms with Gasteiger partial charge >= 0.3 is 0 Å². The highest BCUT2D eigenvalue weighted by molar-refractivity contribution is 6.46. The van der Waals surface area contributed by atoms with Crippen molar-refractivity contribution in [1.29, 1.82) is 0 Å². The van der Waals surface area contributed by atoms with Gasteiger partial charge in [-0.1, -0.05) is 38.6 Å². The standard InChI is InChI=1S/C27H31FN2O4/c1-4-18-34-22-14-10-19(11-15-22)24-23(25(31)20-8-12-21(28)13-9-20)26(32)27(33)30(24)17-7-16-29(5-2)6-3/h4,8-15,24,31H,1,5-7,16-18H2,2-3H3/t24-/m1/s1. The van der Waals surface area contributed by atoms with E-state index in [-0.39, 0.29) is 16.9 Å². The van der Waals surface area contributed by atoms with Crippen LogP contribution in [-0.4, -0.2) is 59.4 Å². The maximum Gasteiger partial charge on any atom is 0.295 e. The van der Waals surface area contributed by atoms with Crippen LogP contribution in [0.2, 0.25) is 0 Å². The molecule has 180 valence electrons. The maximum atomic E-state index is 13.4. The van der Waals surface area contributed by atoms with Crippen LogP contribution in [0, 0.1) is 5.82 Å². The fraction of sp³-hybridized carbons (Fsp3) is 0.333. The maximum absolute atomic E-state index is 13.4. The van der Waals surface area contributed by atoms with E-state index in [2.05, 4.69) is 25.3 Å². The zero-order valence-corrected chi connectivity index (χ0v) is 19.7. The summed E-state index contributed by atoms with van der Waals surface area (Å²) in [5.74, 6) is -1.55. The smallest absolute Gasteiger partial charge is 0.295 e. The van der Waals surface area contributed by atoms with Gasteiger partial charge in [0.15, 0.2) is 0 Å². The molecule has 1 fully saturated rings. The molecule has 1 atom stereocenters. The molecule has 0 radical (unpaired) electrons. The minimum atomic E-state index is -0.754. The summed E-state index contributed by atoms with van der Waals surface area (Å²) in [6.07, 6.45) is 2.32. The number of ketones is 1. The zero-order valence-electron chi connectivity index (χ0n) is 19.7. The van der Waals surface area contributed by atoms with E-state index < -0.39 is 23.5 Å². The number of likely N-dealkylation sites (tertiary alicyclic amines) is 1. The molecule has 2 aromatic rings. The second-order valence-corrected chi connectivity index (χ2v) is 8.05. The topological polar surface area (TPSA) is 70.1 Å². The first-order chi connectivity index (χ1) is 16.4. The number of aliphatic hydroxyl groups excluding tert-OH is 1. The van der Waals surface area contributed by atoms with Gasteiger partial charge in [-0.05, 0) is 68.0 Å². The fourth-order valence-electron chi connectivity index (χ4n) is 4.13. The number of rotatable bonds is 11. The third kappa shape index (κ3) is 5.54. The van der Waals surface area contributed by atoms with Crippen LogP contribution in [-0.2, 0) is 9.59 Å². The summed E-state index contributed by atoms with van der Waals surface area (Å²) in [5.41, 5.74) is 0.953. The average molecular weight is 467 g/mol. The van der Waals surface area contributed by atoms with Crippen LogP contribution in [0.3, 0.4) is 0 Å². The van der Waals surface area contributed by atoms with Crippen molar-refractivity contribution >= 4 is 17.4 Å². The number of carbonyl (C=O) groups excluding carboxylic acids is 2. The number of Topliss-reactive ketones (excluding diaryl/α,β-unsaturated/α-hetero) is 1. The lowest BCUT2D eigenvalue weighted by Gasteiger charge is -2.27. The number of amides is 1. The molecule has 7 heteroatoms. The summed E-state index contributed by atoms with van der Waals surface area (Å²) < 4.78 is 19.0. The van der Waals surface area contributed by atoms with Crippen LogP contribution in [0.5, 0.6) is 5.75 Å². The highest BCUT2D eigenvalue weighted by atomic mass is 19.1. The van der Waals surface area contributed by atoms with Gasteiger partial charge in [-0.3, -0.25) is 9.59 Å². The van der Waals surface area contributed by atoms with Crippen molar-refractivity contribution in [1.82, 2.24) is 9.80 Å². The molecule has 0 saturated carbocycles. The number of aliphatic hydroxyl groups is 1. The van der Waals surface area contributed by atoms with Crippen LogP contribution in [0.4, 0.5) is 4.39 Å². The largest absolute Gasteiger partial charge is 0.507 e. The molecule has 0 unspecified atom stereocenters. The van der Waals surface area contributed by atoms with Gasteiger partial charge in [0.1, 0.15) is 23.9 Å². The number of ether oxygens (including phenoxy) is 1. The summed E-state index contributed by atoms with van der Waals surface area (Å²) in [7, 11) is 0. The lowest BCUT2D eigenvalue weighted by molar-refractivity contribution is -0.140. The van der Waals surface area contributed by atoms with Crippen LogP contribution in [0.1, 0.15) is 37.4 Å². The third-order valence-corrected chi connectivity index (χ3v) is 5.99. The van der Waals surface area contributed by atoms with Crippen LogP contribution < -0.4 is 4.74 Å². The molecular formula is C27H31FN2O4. The SMILES string of the molecule is C=CCOc1ccc([C@@H]2C(=C(O)c3ccc(F)cc3)C(=O)C(=O)N2CCCN(CC)CC)cc1. The predicted octanol–water partition coefficient (Wildman–Crippen LogP) is 4.54. The van der Waals surface area contributed by atoms with Crippen molar-refractivity contribution < 1.29 is 23.8 Å². The number of nitrogens with zero attached hydrogens (tertiary/aromatic N) is 2. The first kappa shape index (κ1) is 25.2. The Morgan fingerprint density at radius 2 is 1.76 bits per heavy atom. The molecule has 0 aromatic heterocycles. The Morgan fingerprint density at radius 1 is 1.12 bits per heavy atom. The molecule has 6 nitrogen and oxygen atoms in total. The number of benzene rings is 2. The van der Waals surface area contributed by atoms with Gasteiger partial charge in [-0.2, -0.15) is 0 Å². The monoisotopic (exact) mass is 466 g/mol. The van der Waals surface area contributed by atoms with E-state index in [1.54, 1.807) is 30.3 Å². The Morgan fingerprint density at radius 3 is 2.35 bits per heavy atom.